The van der Waals surface area contributed by atoms with Crippen molar-refractivity contribution in [3.8, 4) is 0 Å². The Morgan fingerprint density at radius 2 is 0.845 bits per heavy atom. The number of aliphatic hydroxyl groups excluding tert-OH is 6. The molecule has 0 radical (unpaired) electrons. The lowest BCUT2D eigenvalue weighted by atomic mass is 10.1. The monoisotopic (exact) mass is 871 g/mol. The fourth-order valence-electron chi connectivity index (χ4n) is 5.27. The minimum Gasteiger partial charge on any atom is -0.395 e. The van der Waals surface area contributed by atoms with Crippen molar-refractivity contribution in [2.24, 2.45) is 0 Å². The molecule has 0 spiro atoms. The normalized spacial score (nSPS) is 11.9. The number of nitrogens with one attached hydrogen (secondary N) is 2. The van der Waals surface area contributed by atoms with E-state index in [-0.39, 0.29) is 136 Å². The van der Waals surface area contributed by atoms with Crippen LogP contribution in [0.25, 0.3) is 12.2 Å². The van der Waals surface area contributed by atoms with Crippen LogP contribution in [0.1, 0.15) is 11.1 Å². The molecule has 2 aromatic heterocycles. The predicted octanol–water partition coefficient (Wildman–Crippen LogP) is -0.766. The van der Waals surface area contributed by atoms with E-state index in [1.165, 1.54) is 51.1 Å². The zero-order valence-corrected chi connectivity index (χ0v) is 32.9. The first-order valence-corrected chi connectivity index (χ1v) is 20.4. The highest BCUT2D eigenvalue weighted by atomic mass is 35.5. The van der Waals surface area contributed by atoms with Crippen LogP contribution in [0.2, 0.25) is 5.28 Å². The Morgan fingerprint density at radius 1 is 0.517 bits per heavy atom. The summed E-state index contributed by atoms with van der Waals surface area (Å²) < 4.78 is 70.5. The second-order valence-electron chi connectivity index (χ2n) is 11.8. The molecule has 0 atom stereocenters. The Morgan fingerprint density at radius 3 is 1.17 bits per heavy atom. The number of benzene rings is 2. The fourth-order valence-corrected chi connectivity index (χ4v) is 6.85. The number of anilines is 7. The number of hydrogen-bond acceptors (Lipinski definition) is 21. The number of nitrogens with zero attached hydrogens (tertiary/aromatic N) is 9. The maximum atomic E-state index is 12.6. The van der Waals surface area contributed by atoms with Crippen molar-refractivity contribution in [2.45, 2.75) is 9.79 Å². The van der Waals surface area contributed by atoms with Crippen molar-refractivity contribution in [1.29, 1.82) is 0 Å². The Bertz CT molecular complexity index is 2210. The lowest BCUT2D eigenvalue weighted by Gasteiger charge is -2.25. The van der Waals surface area contributed by atoms with E-state index in [1.54, 1.807) is 0 Å². The lowest BCUT2D eigenvalue weighted by Crippen LogP contribution is -2.34. The van der Waals surface area contributed by atoms with Crippen molar-refractivity contribution in [3.05, 3.63) is 52.8 Å². The molecule has 0 saturated carbocycles. The molecular formula is C32H42ClN11O12S2. The van der Waals surface area contributed by atoms with Gasteiger partial charge in [-0.15, -0.1) is 0 Å². The first kappa shape index (κ1) is 45.8. The molecule has 0 saturated heterocycles. The van der Waals surface area contributed by atoms with Crippen LogP contribution in [0, 0.1) is 0 Å². The summed E-state index contributed by atoms with van der Waals surface area (Å²) in [5.41, 5.74) is -0.0884. The van der Waals surface area contributed by atoms with E-state index in [0.29, 0.717) is 0 Å². The minimum atomic E-state index is -4.94. The molecular weight excluding hydrogens is 830 g/mol. The summed E-state index contributed by atoms with van der Waals surface area (Å²) in [5, 5.41) is 62.3. The van der Waals surface area contributed by atoms with Crippen LogP contribution in [-0.2, 0) is 20.2 Å². The SMILES string of the molecule is O=S(=O)(O)c1cc(Nc2nc(Cl)nc(N(CCO)CCO)n2)ccc1/C=C/c1ccc(Nc2nc(N(CCO)CCO)nc(N(CCO)CCO)n2)cc1S(=O)(=O)O. The summed E-state index contributed by atoms with van der Waals surface area (Å²) in [4.78, 5) is 28.2. The molecule has 26 heteroatoms. The van der Waals surface area contributed by atoms with Crippen LogP contribution in [0.4, 0.5) is 41.1 Å². The van der Waals surface area contributed by atoms with E-state index in [9.17, 15) is 56.6 Å². The van der Waals surface area contributed by atoms with Gasteiger partial charge in [-0.2, -0.15) is 46.7 Å². The summed E-state index contributed by atoms with van der Waals surface area (Å²) in [6, 6.07) is 7.43. The second-order valence-corrected chi connectivity index (χ2v) is 14.9. The van der Waals surface area contributed by atoms with Gasteiger partial charge in [0.25, 0.3) is 20.2 Å². The Hall–Kier alpha value is -4.93. The van der Waals surface area contributed by atoms with Crippen LogP contribution in [0.5, 0.6) is 0 Å². The minimum absolute atomic E-state index is 0.00398. The summed E-state index contributed by atoms with van der Waals surface area (Å²) >= 11 is 6.06. The number of rotatable bonds is 23. The third-order valence-electron chi connectivity index (χ3n) is 7.81. The van der Waals surface area contributed by atoms with Crippen molar-refractivity contribution >= 4 is 85.1 Å². The van der Waals surface area contributed by atoms with E-state index >= 15 is 0 Å². The zero-order chi connectivity index (χ0) is 42.5. The largest absolute Gasteiger partial charge is 0.395 e. The van der Waals surface area contributed by atoms with Crippen LogP contribution in [0.15, 0.2) is 46.2 Å². The van der Waals surface area contributed by atoms with E-state index < -0.39 is 30.0 Å². The summed E-state index contributed by atoms with van der Waals surface area (Å²) in [5.74, 6) is -0.305. The van der Waals surface area contributed by atoms with Gasteiger partial charge < -0.3 is 56.0 Å². The molecule has 0 aliphatic rings. The van der Waals surface area contributed by atoms with Crippen molar-refractivity contribution < 1.29 is 56.6 Å². The molecule has 10 N–H and O–H groups in total. The molecule has 316 valence electrons. The Balaban J connectivity index is 1.70. The topological polar surface area (TPSA) is 341 Å². The van der Waals surface area contributed by atoms with Crippen molar-refractivity contribution in [1.82, 2.24) is 29.9 Å². The third kappa shape index (κ3) is 12.8. The predicted molar refractivity (Wildman–Crippen MR) is 212 cm³/mol. The molecule has 0 fully saturated rings. The first-order chi connectivity index (χ1) is 27.6. The molecule has 0 aliphatic heterocycles. The number of aliphatic hydroxyl groups is 6. The van der Waals surface area contributed by atoms with E-state index in [0.717, 1.165) is 12.1 Å². The van der Waals surface area contributed by atoms with Crippen LogP contribution in [0.3, 0.4) is 0 Å². The van der Waals surface area contributed by atoms with Gasteiger partial charge in [-0.3, -0.25) is 9.11 Å². The van der Waals surface area contributed by atoms with Crippen LogP contribution < -0.4 is 25.3 Å². The van der Waals surface area contributed by atoms with Gasteiger partial charge in [0.15, 0.2) is 0 Å². The average molecular weight is 872 g/mol. The van der Waals surface area contributed by atoms with Gasteiger partial charge in [-0.05, 0) is 47.0 Å². The van der Waals surface area contributed by atoms with E-state index in [4.69, 9.17) is 11.6 Å². The Labute approximate surface area is 337 Å². The molecule has 23 nitrogen and oxygen atoms in total. The summed E-state index contributed by atoms with van der Waals surface area (Å²) in [6.45, 7) is -1.69. The molecule has 2 heterocycles. The number of aromatic nitrogens is 6. The summed E-state index contributed by atoms with van der Waals surface area (Å²) in [7, 11) is -9.84. The van der Waals surface area contributed by atoms with Gasteiger partial charge >= 0.3 is 0 Å². The summed E-state index contributed by atoms with van der Waals surface area (Å²) in [6.07, 6.45) is 2.36. The molecule has 4 rings (SSSR count). The maximum absolute atomic E-state index is 12.6. The lowest BCUT2D eigenvalue weighted by molar-refractivity contribution is 0.278. The van der Waals surface area contributed by atoms with Crippen molar-refractivity contribution in [2.75, 3.05) is 104 Å². The van der Waals surface area contributed by atoms with Gasteiger partial charge in [0.05, 0.1) is 39.6 Å². The molecule has 0 bridgehead atoms. The highest BCUT2D eigenvalue weighted by Crippen LogP contribution is 2.29. The van der Waals surface area contributed by atoms with Crippen LogP contribution >= 0.6 is 11.6 Å². The molecule has 0 unspecified atom stereocenters. The molecule has 0 aliphatic carbocycles. The fraction of sp³-hybridized carbons (Fsp3) is 0.375. The average Bonchev–Trinajstić information content (AvgIpc) is 3.16. The smallest absolute Gasteiger partial charge is 0.295 e. The van der Waals surface area contributed by atoms with Crippen molar-refractivity contribution in [3.63, 3.8) is 0 Å². The quantitative estimate of drug-likeness (QED) is 0.0323. The third-order valence-corrected chi connectivity index (χ3v) is 9.80. The first-order valence-electron chi connectivity index (χ1n) is 17.2. The van der Waals surface area contributed by atoms with Gasteiger partial charge in [0.1, 0.15) is 9.79 Å². The Kier molecular flexibility index (Phi) is 16.7. The highest BCUT2D eigenvalue weighted by molar-refractivity contribution is 7.86. The van der Waals surface area contributed by atoms with Crippen LogP contribution in [-0.4, -0.2) is 165 Å². The number of hydrogen-bond donors (Lipinski definition) is 10. The van der Waals surface area contributed by atoms with E-state index in [1.807, 2.05) is 0 Å². The molecule has 2 aromatic carbocycles. The van der Waals surface area contributed by atoms with Gasteiger partial charge in [-0.25, -0.2) is 0 Å². The van der Waals surface area contributed by atoms with Gasteiger partial charge in [-0.1, -0.05) is 24.3 Å². The number of halogens is 1. The molecule has 0 amide bonds. The standard InChI is InChI=1S/C32H42ClN11O12S2/c33-27-36-28(38-30(37-27)42(7-13-45)8-14-46)34-23-5-3-21(25(19-23)57(51,52)53)1-2-22-4-6-24(20-26(22)58(54,55)56)35-29-39-31(43(9-15-47)10-16-48)41-32(40-29)44(11-17-49)12-18-50/h1-6,19-20,45-50H,7-18H2,(H,51,52,53)(H,54,55,56)(H,34,36,37,38)(H,35,39,40,41)/b2-1+. The zero-order valence-electron chi connectivity index (χ0n) is 30.5. The molecule has 4 aromatic rings. The highest BCUT2D eigenvalue weighted by Gasteiger charge is 2.21. The van der Waals surface area contributed by atoms with E-state index in [2.05, 4.69) is 40.5 Å². The van der Waals surface area contributed by atoms with Gasteiger partial charge in [0.2, 0.25) is 35.0 Å². The second kappa shape index (κ2) is 21.2. The maximum Gasteiger partial charge on any atom is 0.295 e. The van der Waals surface area contributed by atoms with Gasteiger partial charge in [0, 0.05) is 50.6 Å². The molecule has 58 heavy (non-hydrogen) atoms.